The van der Waals surface area contributed by atoms with Crippen LogP contribution < -0.4 is 19.1 Å². The molecule has 1 aliphatic heterocycles. The van der Waals surface area contributed by atoms with Crippen LogP contribution in [0.3, 0.4) is 0 Å². The molecule has 1 heterocycles. The van der Waals surface area contributed by atoms with Crippen molar-refractivity contribution in [1.29, 1.82) is 0 Å². The number of hydrogen-bond donors (Lipinski definition) is 1. The normalized spacial score (nSPS) is 13.2. The number of hydrogen-bond acceptors (Lipinski definition) is 5. The van der Waals surface area contributed by atoms with E-state index in [9.17, 15) is 13.2 Å². The van der Waals surface area contributed by atoms with E-state index in [0.29, 0.717) is 30.2 Å². The Morgan fingerprint density at radius 2 is 1.81 bits per heavy atom. The number of aryl methyl sites for hydroxylation is 1. The lowest BCUT2D eigenvalue weighted by atomic mass is 10.2. The number of amides is 1. The first-order valence-corrected chi connectivity index (χ1v) is 11.7. The van der Waals surface area contributed by atoms with E-state index in [1.807, 2.05) is 54.6 Å². The molecule has 0 radical (unpaired) electrons. The summed E-state index contributed by atoms with van der Waals surface area (Å²) in [5.41, 5.74) is 2.22. The number of carbonyl (C=O) groups excluding carboxylic acids is 1. The van der Waals surface area contributed by atoms with Crippen LogP contribution >= 0.6 is 0 Å². The average Bonchev–Trinajstić information content (AvgIpc) is 2.82. The number of benzene rings is 3. The van der Waals surface area contributed by atoms with E-state index in [-0.39, 0.29) is 24.0 Å². The zero-order chi connectivity index (χ0) is 22.6. The lowest BCUT2D eigenvalue weighted by Crippen LogP contribution is -2.40. The summed E-state index contributed by atoms with van der Waals surface area (Å²) >= 11 is 0. The van der Waals surface area contributed by atoms with Gasteiger partial charge in [0.15, 0.2) is 6.61 Å². The molecule has 3 aromatic rings. The third-order valence-corrected chi connectivity index (χ3v) is 6.55. The maximum absolute atomic E-state index is 12.7. The third-order valence-electron chi connectivity index (χ3n) is 5.15. The molecule has 0 spiro atoms. The summed E-state index contributed by atoms with van der Waals surface area (Å²) in [4.78, 5) is 14.5. The number of fused-ring (bicyclic) bond motifs is 1. The van der Waals surface area contributed by atoms with E-state index in [1.54, 1.807) is 17.9 Å². The van der Waals surface area contributed by atoms with Gasteiger partial charge in [0.1, 0.15) is 18.1 Å². The van der Waals surface area contributed by atoms with Gasteiger partial charge in [0.2, 0.25) is 10.0 Å². The topological polar surface area (TPSA) is 84.9 Å². The molecule has 7 nitrogen and oxygen atoms in total. The van der Waals surface area contributed by atoms with Crippen LogP contribution in [0, 0.1) is 6.92 Å². The van der Waals surface area contributed by atoms with Gasteiger partial charge in [-0.1, -0.05) is 42.5 Å². The second-order valence-electron chi connectivity index (χ2n) is 7.39. The second-order valence-corrected chi connectivity index (χ2v) is 9.15. The first-order chi connectivity index (χ1) is 15.4. The number of nitrogens with one attached hydrogen (secondary N) is 1. The van der Waals surface area contributed by atoms with Crippen molar-refractivity contribution in [3.05, 3.63) is 83.9 Å². The SMILES string of the molecule is Cc1cc(S(=O)(=O)NCc2ccccc2)ccc1OCC(=O)N1CCOc2ccccc21. The van der Waals surface area contributed by atoms with Crippen molar-refractivity contribution in [2.24, 2.45) is 0 Å². The van der Waals surface area contributed by atoms with Crippen LogP contribution in [0.25, 0.3) is 0 Å². The molecular weight excluding hydrogens is 428 g/mol. The van der Waals surface area contributed by atoms with Gasteiger partial charge < -0.3 is 14.4 Å². The summed E-state index contributed by atoms with van der Waals surface area (Å²) in [5, 5.41) is 0. The fourth-order valence-electron chi connectivity index (χ4n) is 3.45. The summed E-state index contributed by atoms with van der Waals surface area (Å²) in [6.45, 7) is 2.66. The molecule has 32 heavy (non-hydrogen) atoms. The molecule has 0 fully saturated rings. The molecule has 8 heteroatoms. The van der Waals surface area contributed by atoms with Gasteiger partial charge in [-0.05, 0) is 48.4 Å². The Hall–Kier alpha value is -3.36. The van der Waals surface area contributed by atoms with Gasteiger partial charge >= 0.3 is 0 Å². The van der Waals surface area contributed by atoms with Gasteiger partial charge in [-0.3, -0.25) is 4.79 Å². The molecule has 1 aliphatic rings. The van der Waals surface area contributed by atoms with Crippen LogP contribution in [0.15, 0.2) is 77.7 Å². The first-order valence-electron chi connectivity index (χ1n) is 10.2. The minimum Gasteiger partial charge on any atom is -0.490 e. The van der Waals surface area contributed by atoms with Crippen LogP contribution in [-0.4, -0.2) is 34.1 Å². The van der Waals surface area contributed by atoms with Crippen LogP contribution in [0.4, 0.5) is 5.69 Å². The number of anilines is 1. The molecule has 0 atom stereocenters. The molecular formula is C24H24N2O5S. The summed E-state index contributed by atoms with van der Waals surface area (Å²) < 4.78 is 39.2. The number of nitrogens with zero attached hydrogens (tertiary/aromatic N) is 1. The number of rotatable bonds is 7. The average molecular weight is 453 g/mol. The lowest BCUT2D eigenvalue weighted by molar-refractivity contribution is -0.120. The Morgan fingerprint density at radius 3 is 2.59 bits per heavy atom. The van der Waals surface area contributed by atoms with Crippen LogP contribution in [0.1, 0.15) is 11.1 Å². The minimum absolute atomic E-state index is 0.145. The molecule has 0 unspecified atom stereocenters. The Balaban J connectivity index is 1.40. The maximum Gasteiger partial charge on any atom is 0.265 e. The van der Waals surface area contributed by atoms with Crippen LogP contribution in [0.5, 0.6) is 11.5 Å². The highest BCUT2D eigenvalue weighted by Crippen LogP contribution is 2.31. The summed E-state index contributed by atoms with van der Waals surface area (Å²) in [7, 11) is -3.67. The fraction of sp³-hybridized carbons (Fsp3) is 0.208. The summed E-state index contributed by atoms with van der Waals surface area (Å²) in [6, 6.07) is 21.3. The van der Waals surface area contributed by atoms with Crippen molar-refractivity contribution < 1.29 is 22.7 Å². The Morgan fingerprint density at radius 1 is 1.06 bits per heavy atom. The molecule has 0 saturated heterocycles. The zero-order valence-corrected chi connectivity index (χ0v) is 18.5. The molecule has 0 aliphatic carbocycles. The van der Waals surface area contributed by atoms with E-state index >= 15 is 0 Å². The van der Waals surface area contributed by atoms with Crippen molar-refractivity contribution >= 4 is 21.6 Å². The van der Waals surface area contributed by atoms with Gasteiger partial charge in [0, 0.05) is 6.54 Å². The molecule has 1 amide bonds. The Bertz CT molecular complexity index is 1210. The molecule has 0 saturated carbocycles. The van der Waals surface area contributed by atoms with Crippen LogP contribution in [0.2, 0.25) is 0 Å². The highest BCUT2D eigenvalue weighted by atomic mass is 32.2. The first kappa shape index (κ1) is 21.9. The smallest absolute Gasteiger partial charge is 0.265 e. The van der Waals surface area contributed by atoms with Crippen molar-refractivity contribution in [1.82, 2.24) is 4.72 Å². The highest BCUT2D eigenvalue weighted by molar-refractivity contribution is 7.89. The molecule has 0 aromatic heterocycles. The fourth-order valence-corrected chi connectivity index (χ4v) is 4.56. The maximum atomic E-state index is 12.7. The number of sulfonamides is 1. The monoisotopic (exact) mass is 452 g/mol. The van der Waals surface area contributed by atoms with Crippen molar-refractivity contribution in [3.8, 4) is 11.5 Å². The van der Waals surface area contributed by atoms with Gasteiger partial charge in [-0.25, -0.2) is 13.1 Å². The molecule has 0 bridgehead atoms. The summed E-state index contributed by atoms with van der Waals surface area (Å²) in [5.74, 6) is 0.934. The molecule has 3 aromatic carbocycles. The van der Waals surface area contributed by atoms with E-state index in [0.717, 1.165) is 11.3 Å². The van der Waals surface area contributed by atoms with Gasteiger partial charge in [-0.15, -0.1) is 0 Å². The largest absolute Gasteiger partial charge is 0.490 e. The molecule has 1 N–H and O–H groups in total. The second kappa shape index (κ2) is 9.42. The number of para-hydroxylation sites is 2. The quantitative estimate of drug-likeness (QED) is 0.595. The standard InChI is InChI=1S/C24H24N2O5S/c1-18-15-20(32(28,29)25-16-19-7-3-2-4-8-19)11-12-22(18)31-17-24(27)26-13-14-30-23-10-6-5-9-21(23)26/h2-12,15,25H,13-14,16-17H2,1H3. The van der Waals surface area contributed by atoms with E-state index in [2.05, 4.69) is 4.72 Å². The van der Waals surface area contributed by atoms with Crippen molar-refractivity contribution in [3.63, 3.8) is 0 Å². The highest BCUT2D eigenvalue weighted by Gasteiger charge is 2.24. The van der Waals surface area contributed by atoms with Crippen LogP contribution in [-0.2, 0) is 21.4 Å². The van der Waals surface area contributed by atoms with Gasteiger partial charge in [0.25, 0.3) is 5.91 Å². The third kappa shape index (κ3) is 4.92. The van der Waals surface area contributed by atoms with Crippen molar-refractivity contribution in [2.75, 3.05) is 24.7 Å². The lowest BCUT2D eigenvalue weighted by Gasteiger charge is -2.29. The predicted molar refractivity (Wildman–Crippen MR) is 121 cm³/mol. The number of carbonyl (C=O) groups is 1. The predicted octanol–water partition coefficient (Wildman–Crippen LogP) is 3.28. The zero-order valence-electron chi connectivity index (χ0n) is 17.7. The Labute approximate surface area is 187 Å². The van der Waals surface area contributed by atoms with E-state index < -0.39 is 10.0 Å². The van der Waals surface area contributed by atoms with Gasteiger partial charge in [-0.2, -0.15) is 0 Å². The molecule has 4 rings (SSSR count). The summed E-state index contributed by atoms with van der Waals surface area (Å²) in [6.07, 6.45) is 0. The van der Waals surface area contributed by atoms with E-state index in [4.69, 9.17) is 9.47 Å². The number of ether oxygens (including phenoxy) is 2. The van der Waals surface area contributed by atoms with Crippen molar-refractivity contribution in [2.45, 2.75) is 18.4 Å². The minimum atomic E-state index is -3.67. The van der Waals surface area contributed by atoms with Gasteiger partial charge in [0.05, 0.1) is 17.1 Å². The Kier molecular flexibility index (Phi) is 6.43. The van der Waals surface area contributed by atoms with E-state index in [1.165, 1.54) is 12.1 Å². The molecule has 166 valence electrons.